The number of pyridine rings is 1. The van der Waals surface area contributed by atoms with Crippen molar-refractivity contribution < 1.29 is 0 Å². The minimum atomic E-state index is 0.882. The highest BCUT2D eigenvalue weighted by atomic mass is 79.9. The Hall–Kier alpha value is -0.870. The van der Waals surface area contributed by atoms with Crippen molar-refractivity contribution in [2.75, 3.05) is 11.9 Å². The van der Waals surface area contributed by atoms with Gasteiger partial charge < -0.3 is 5.32 Å². The summed E-state index contributed by atoms with van der Waals surface area (Å²) < 4.78 is 2.14. The van der Waals surface area contributed by atoms with Crippen LogP contribution in [0, 0.1) is 0 Å². The molecule has 0 spiro atoms. The zero-order valence-electron chi connectivity index (χ0n) is 9.16. The molecule has 4 heteroatoms. The molecule has 1 N–H and O–H groups in total. The normalized spacial score (nSPS) is 10.2. The second-order valence-electron chi connectivity index (χ2n) is 3.63. The number of rotatable bonds is 4. The first-order chi connectivity index (χ1) is 8.27. The molecular formula is C13H12Br2N2. The molecule has 0 aliphatic heterocycles. The van der Waals surface area contributed by atoms with E-state index < -0.39 is 0 Å². The zero-order valence-corrected chi connectivity index (χ0v) is 12.3. The van der Waals surface area contributed by atoms with Crippen LogP contribution in [0.4, 0.5) is 5.69 Å². The third kappa shape index (κ3) is 3.54. The average Bonchev–Trinajstić information content (AvgIpc) is 2.34. The van der Waals surface area contributed by atoms with Gasteiger partial charge in [-0.25, -0.2) is 0 Å². The highest BCUT2D eigenvalue weighted by molar-refractivity contribution is 9.11. The van der Waals surface area contributed by atoms with Crippen LogP contribution in [0.5, 0.6) is 0 Å². The molecule has 0 aliphatic carbocycles. The molecule has 1 aromatic carbocycles. The number of nitrogens with zero attached hydrogens (tertiary/aromatic N) is 1. The van der Waals surface area contributed by atoms with E-state index in [0.29, 0.717) is 0 Å². The number of para-hydroxylation sites is 1. The molecule has 0 radical (unpaired) electrons. The van der Waals surface area contributed by atoms with E-state index in [2.05, 4.69) is 48.2 Å². The van der Waals surface area contributed by atoms with Gasteiger partial charge in [-0.15, -0.1) is 0 Å². The standard InChI is InChI=1S/C13H12Br2N2/c14-11-4-1-5-12(15)13(11)17-8-6-10-3-2-7-16-9-10/h1-5,7,9,17H,6,8H2. The fraction of sp³-hybridized carbons (Fsp3) is 0.154. The van der Waals surface area contributed by atoms with E-state index in [0.717, 1.165) is 27.6 Å². The lowest BCUT2D eigenvalue weighted by Gasteiger charge is -2.10. The molecule has 0 saturated heterocycles. The molecule has 0 bridgehead atoms. The Balaban J connectivity index is 1.95. The maximum absolute atomic E-state index is 4.10. The first-order valence-electron chi connectivity index (χ1n) is 5.34. The lowest BCUT2D eigenvalue weighted by Crippen LogP contribution is -2.06. The number of aromatic nitrogens is 1. The summed E-state index contributed by atoms with van der Waals surface area (Å²) in [6.07, 6.45) is 4.65. The Morgan fingerprint density at radius 3 is 2.47 bits per heavy atom. The molecule has 0 aliphatic rings. The Bertz CT molecular complexity index is 466. The fourth-order valence-electron chi connectivity index (χ4n) is 1.54. The highest BCUT2D eigenvalue weighted by Gasteiger charge is 2.03. The predicted molar refractivity (Wildman–Crippen MR) is 78.3 cm³/mol. The van der Waals surface area contributed by atoms with Crippen LogP contribution in [0.15, 0.2) is 51.7 Å². The topological polar surface area (TPSA) is 24.9 Å². The summed E-state index contributed by atoms with van der Waals surface area (Å²) in [6.45, 7) is 0.882. The SMILES string of the molecule is Brc1cccc(Br)c1NCCc1cccnc1. The Labute approximate surface area is 118 Å². The molecule has 2 rings (SSSR count). The van der Waals surface area contributed by atoms with E-state index in [4.69, 9.17) is 0 Å². The minimum absolute atomic E-state index is 0.882. The van der Waals surface area contributed by atoms with Gasteiger partial charge in [0.2, 0.25) is 0 Å². The Morgan fingerprint density at radius 2 is 1.82 bits per heavy atom. The maximum atomic E-state index is 4.10. The maximum Gasteiger partial charge on any atom is 0.0629 e. The van der Waals surface area contributed by atoms with Gasteiger partial charge in [0.05, 0.1) is 5.69 Å². The highest BCUT2D eigenvalue weighted by Crippen LogP contribution is 2.30. The second-order valence-corrected chi connectivity index (χ2v) is 5.34. The number of anilines is 1. The largest absolute Gasteiger partial charge is 0.383 e. The molecule has 2 nitrogen and oxygen atoms in total. The molecule has 88 valence electrons. The summed E-state index contributed by atoms with van der Waals surface area (Å²) in [5, 5.41) is 3.41. The van der Waals surface area contributed by atoms with E-state index in [1.807, 2.05) is 30.5 Å². The summed E-state index contributed by atoms with van der Waals surface area (Å²) in [7, 11) is 0. The van der Waals surface area contributed by atoms with Crippen LogP contribution in [0.2, 0.25) is 0 Å². The van der Waals surface area contributed by atoms with Gasteiger partial charge in [-0.3, -0.25) is 4.98 Å². The monoisotopic (exact) mass is 354 g/mol. The summed E-state index contributed by atoms with van der Waals surface area (Å²) in [5.74, 6) is 0. The van der Waals surface area contributed by atoms with Crippen LogP contribution >= 0.6 is 31.9 Å². The van der Waals surface area contributed by atoms with Crippen molar-refractivity contribution in [1.29, 1.82) is 0 Å². The van der Waals surface area contributed by atoms with Gasteiger partial charge in [-0.1, -0.05) is 12.1 Å². The van der Waals surface area contributed by atoms with Gasteiger partial charge in [-0.2, -0.15) is 0 Å². The molecule has 1 heterocycles. The first-order valence-corrected chi connectivity index (χ1v) is 6.93. The molecule has 0 unspecified atom stereocenters. The van der Waals surface area contributed by atoms with Crippen LogP contribution in [0.25, 0.3) is 0 Å². The molecule has 1 aromatic heterocycles. The molecule has 17 heavy (non-hydrogen) atoms. The third-order valence-corrected chi connectivity index (χ3v) is 3.72. The lowest BCUT2D eigenvalue weighted by atomic mass is 10.2. The van der Waals surface area contributed by atoms with Crippen LogP contribution in [-0.4, -0.2) is 11.5 Å². The van der Waals surface area contributed by atoms with Crippen molar-refractivity contribution in [3.8, 4) is 0 Å². The summed E-state index contributed by atoms with van der Waals surface area (Å²) in [5.41, 5.74) is 2.33. The number of hydrogen-bond donors (Lipinski definition) is 1. The van der Waals surface area contributed by atoms with Crippen molar-refractivity contribution in [3.63, 3.8) is 0 Å². The molecular weight excluding hydrogens is 344 g/mol. The smallest absolute Gasteiger partial charge is 0.0629 e. The van der Waals surface area contributed by atoms with Crippen LogP contribution in [0.3, 0.4) is 0 Å². The summed E-state index contributed by atoms with van der Waals surface area (Å²) >= 11 is 7.06. The van der Waals surface area contributed by atoms with E-state index >= 15 is 0 Å². The third-order valence-electron chi connectivity index (χ3n) is 2.40. The first kappa shape index (κ1) is 12.6. The van der Waals surface area contributed by atoms with E-state index in [1.54, 1.807) is 6.20 Å². The number of nitrogens with one attached hydrogen (secondary N) is 1. The van der Waals surface area contributed by atoms with Crippen molar-refractivity contribution in [3.05, 3.63) is 57.2 Å². The van der Waals surface area contributed by atoms with Crippen molar-refractivity contribution in [1.82, 2.24) is 4.98 Å². The molecule has 0 atom stereocenters. The van der Waals surface area contributed by atoms with E-state index in [1.165, 1.54) is 5.56 Å². The second kappa shape index (κ2) is 6.17. The van der Waals surface area contributed by atoms with Crippen LogP contribution < -0.4 is 5.32 Å². The lowest BCUT2D eigenvalue weighted by molar-refractivity contribution is 1.00. The van der Waals surface area contributed by atoms with E-state index in [9.17, 15) is 0 Å². The summed E-state index contributed by atoms with van der Waals surface area (Å²) in [6, 6.07) is 10.1. The molecule has 0 fully saturated rings. The van der Waals surface area contributed by atoms with Gasteiger partial charge in [0.15, 0.2) is 0 Å². The Kier molecular flexibility index (Phi) is 4.57. The quantitative estimate of drug-likeness (QED) is 0.886. The van der Waals surface area contributed by atoms with Gasteiger partial charge in [0.1, 0.15) is 0 Å². The number of benzene rings is 1. The average molecular weight is 356 g/mol. The van der Waals surface area contributed by atoms with Crippen molar-refractivity contribution in [2.45, 2.75) is 6.42 Å². The zero-order chi connectivity index (χ0) is 12.1. The molecule has 0 amide bonds. The van der Waals surface area contributed by atoms with Gasteiger partial charge in [0.25, 0.3) is 0 Å². The van der Waals surface area contributed by atoms with Gasteiger partial charge in [-0.05, 0) is 62.0 Å². The Morgan fingerprint density at radius 1 is 1.06 bits per heavy atom. The summed E-state index contributed by atoms with van der Waals surface area (Å²) in [4.78, 5) is 4.10. The van der Waals surface area contributed by atoms with Crippen molar-refractivity contribution >= 4 is 37.5 Å². The minimum Gasteiger partial charge on any atom is -0.383 e. The predicted octanol–water partition coefficient (Wildman–Crippen LogP) is 4.26. The number of halogens is 2. The van der Waals surface area contributed by atoms with E-state index in [-0.39, 0.29) is 0 Å². The van der Waals surface area contributed by atoms with Gasteiger partial charge in [0, 0.05) is 27.9 Å². The molecule has 0 saturated carbocycles. The number of hydrogen-bond acceptors (Lipinski definition) is 2. The van der Waals surface area contributed by atoms with Crippen LogP contribution in [-0.2, 0) is 6.42 Å². The fourth-order valence-corrected chi connectivity index (χ4v) is 2.82. The molecule has 2 aromatic rings. The van der Waals surface area contributed by atoms with Crippen molar-refractivity contribution in [2.24, 2.45) is 0 Å². The van der Waals surface area contributed by atoms with Crippen LogP contribution in [0.1, 0.15) is 5.56 Å². The van der Waals surface area contributed by atoms with Gasteiger partial charge >= 0.3 is 0 Å².